The van der Waals surface area contributed by atoms with Gasteiger partial charge in [0.2, 0.25) is 5.91 Å². The number of hydrogen-bond donors (Lipinski definition) is 1. The zero-order valence-corrected chi connectivity index (χ0v) is 14.5. The maximum atomic E-state index is 11.8. The molecular formula is C16H27N3O2S. The fraction of sp³-hybridized carbons (Fsp3) is 0.750. The predicted molar refractivity (Wildman–Crippen MR) is 90.4 cm³/mol. The second-order valence-corrected chi connectivity index (χ2v) is 7.15. The van der Waals surface area contributed by atoms with E-state index >= 15 is 0 Å². The molecule has 0 aromatic carbocycles. The molecular weight excluding hydrogens is 298 g/mol. The second kappa shape index (κ2) is 8.48. The van der Waals surface area contributed by atoms with E-state index in [-0.39, 0.29) is 17.3 Å². The van der Waals surface area contributed by atoms with E-state index in [9.17, 15) is 9.59 Å². The van der Waals surface area contributed by atoms with Crippen molar-refractivity contribution in [1.29, 1.82) is 0 Å². The number of nitrogens with zero attached hydrogens (tertiary/aromatic N) is 2. The zero-order valence-electron chi connectivity index (χ0n) is 13.6. The van der Waals surface area contributed by atoms with E-state index in [2.05, 4.69) is 17.1 Å². The average Bonchev–Trinajstić information content (AvgIpc) is 2.79. The van der Waals surface area contributed by atoms with Gasteiger partial charge in [-0.3, -0.25) is 14.2 Å². The molecule has 1 unspecified atom stereocenters. The molecule has 1 N–H and O–H groups in total. The smallest absolute Gasteiger partial charge is 0.307 e. The predicted octanol–water partition coefficient (Wildman–Crippen LogP) is 1.85. The number of unbranched alkanes of at least 4 members (excludes halogenated alkanes) is 1. The summed E-state index contributed by atoms with van der Waals surface area (Å²) in [5, 5.41) is 4.70. The molecule has 1 aromatic rings. The monoisotopic (exact) mass is 325 g/mol. The van der Waals surface area contributed by atoms with E-state index in [1.807, 2.05) is 6.92 Å². The van der Waals surface area contributed by atoms with Gasteiger partial charge in [0.05, 0.1) is 0 Å². The summed E-state index contributed by atoms with van der Waals surface area (Å²) in [5.41, 5.74) is 0.851. The van der Waals surface area contributed by atoms with Gasteiger partial charge in [-0.2, -0.15) is 0 Å². The Kier molecular flexibility index (Phi) is 6.64. The van der Waals surface area contributed by atoms with Crippen molar-refractivity contribution in [3.8, 4) is 0 Å². The van der Waals surface area contributed by atoms with Crippen LogP contribution < -0.4 is 10.2 Å². The summed E-state index contributed by atoms with van der Waals surface area (Å²) >= 11 is 1.14. The van der Waals surface area contributed by atoms with Gasteiger partial charge in [0.15, 0.2) is 0 Å². The molecule has 6 heteroatoms. The molecule has 2 heterocycles. The number of likely N-dealkylation sites (tertiary alicyclic amines) is 1. The molecule has 0 radical (unpaired) electrons. The first-order valence-electron chi connectivity index (χ1n) is 8.20. The van der Waals surface area contributed by atoms with Crippen molar-refractivity contribution in [1.82, 2.24) is 14.8 Å². The van der Waals surface area contributed by atoms with E-state index in [0.29, 0.717) is 6.54 Å². The number of piperidine rings is 1. The van der Waals surface area contributed by atoms with E-state index < -0.39 is 0 Å². The highest BCUT2D eigenvalue weighted by atomic mass is 32.1. The lowest BCUT2D eigenvalue weighted by atomic mass is 10.0. The third-order valence-electron chi connectivity index (χ3n) is 4.24. The molecule has 1 fully saturated rings. The van der Waals surface area contributed by atoms with E-state index in [0.717, 1.165) is 42.3 Å². The number of thiazole rings is 1. The molecule has 1 aliphatic heterocycles. The van der Waals surface area contributed by atoms with E-state index in [1.54, 1.807) is 5.38 Å². The molecule has 1 amide bonds. The fourth-order valence-corrected chi connectivity index (χ4v) is 3.71. The van der Waals surface area contributed by atoms with Crippen LogP contribution in [-0.4, -0.2) is 41.6 Å². The highest BCUT2D eigenvalue weighted by molar-refractivity contribution is 7.07. The Balaban J connectivity index is 1.58. The Labute approximate surface area is 136 Å². The summed E-state index contributed by atoms with van der Waals surface area (Å²) in [6.45, 7) is 8.57. The topological polar surface area (TPSA) is 54.3 Å². The number of carbonyl (C=O) groups excluding carboxylic acids is 1. The lowest BCUT2D eigenvalue weighted by Crippen LogP contribution is -2.35. The minimum atomic E-state index is -0.0739. The van der Waals surface area contributed by atoms with Crippen molar-refractivity contribution in [2.24, 2.45) is 5.92 Å². The van der Waals surface area contributed by atoms with Gasteiger partial charge in [-0.05, 0) is 51.6 Å². The fourth-order valence-electron chi connectivity index (χ4n) is 2.97. The summed E-state index contributed by atoms with van der Waals surface area (Å²) < 4.78 is 1.52. The standard InChI is InChI=1S/C16H27N3O2S/c1-13-6-5-9-18(10-13)8-4-3-7-17-15(20)11-19-14(2)12-22-16(19)21/h12-13H,3-11H2,1-2H3,(H,17,20). The molecule has 1 saturated heterocycles. The lowest BCUT2D eigenvalue weighted by molar-refractivity contribution is -0.121. The van der Waals surface area contributed by atoms with Gasteiger partial charge in [0.1, 0.15) is 6.54 Å². The molecule has 1 aliphatic rings. The Bertz CT molecular complexity index is 538. The Morgan fingerprint density at radius 2 is 2.27 bits per heavy atom. The quantitative estimate of drug-likeness (QED) is 0.779. The SMILES string of the molecule is Cc1csc(=O)n1CC(=O)NCCCCN1CCCC(C)C1. The van der Waals surface area contributed by atoms with Crippen molar-refractivity contribution in [2.75, 3.05) is 26.2 Å². The van der Waals surface area contributed by atoms with Crippen LogP contribution in [0.4, 0.5) is 0 Å². The van der Waals surface area contributed by atoms with Gasteiger partial charge in [-0.1, -0.05) is 18.3 Å². The third-order valence-corrected chi connectivity index (χ3v) is 5.12. The summed E-state index contributed by atoms with van der Waals surface area (Å²) in [6, 6.07) is 0. The molecule has 1 atom stereocenters. The largest absolute Gasteiger partial charge is 0.355 e. The van der Waals surface area contributed by atoms with Crippen LogP contribution in [0.3, 0.4) is 0 Å². The molecule has 0 bridgehead atoms. The van der Waals surface area contributed by atoms with Crippen LogP contribution in [0.5, 0.6) is 0 Å². The summed E-state index contributed by atoms with van der Waals surface area (Å²) in [5.74, 6) is 0.746. The molecule has 0 aliphatic carbocycles. The first kappa shape index (κ1) is 17.2. The summed E-state index contributed by atoms with van der Waals surface area (Å²) in [4.78, 5) is 25.9. The van der Waals surface area contributed by atoms with Gasteiger partial charge in [0, 0.05) is 24.2 Å². The molecule has 124 valence electrons. The van der Waals surface area contributed by atoms with Crippen LogP contribution in [0.1, 0.15) is 38.3 Å². The van der Waals surface area contributed by atoms with Crippen LogP contribution in [0.2, 0.25) is 0 Å². The van der Waals surface area contributed by atoms with Crippen molar-refractivity contribution in [2.45, 2.75) is 46.1 Å². The average molecular weight is 325 g/mol. The molecule has 22 heavy (non-hydrogen) atoms. The Hall–Kier alpha value is -1.14. The summed E-state index contributed by atoms with van der Waals surface area (Å²) in [7, 11) is 0. The van der Waals surface area contributed by atoms with Crippen LogP contribution in [-0.2, 0) is 11.3 Å². The molecule has 0 saturated carbocycles. The van der Waals surface area contributed by atoms with Crippen molar-refractivity contribution in [3.63, 3.8) is 0 Å². The normalized spacial score (nSPS) is 19.3. The number of hydrogen-bond acceptors (Lipinski definition) is 4. The number of carbonyl (C=O) groups is 1. The highest BCUT2D eigenvalue weighted by Gasteiger charge is 2.15. The van der Waals surface area contributed by atoms with Gasteiger partial charge >= 0.3 is 4.87 Å². The summed E-state index contributed by atoms with van der Waals surface area (Å²) in [6.07, 6.45) is 4.78. The number of aromatic nitrogens is 1. The van der Waals surface area contributed by atoms with E-state index in [4.69, 9.17) is 0 Å². The number of nitrogens with one attached hydrogen (secondary N) is 1. The highest BCUT2D eigenvalue weighted by Crippen LogP contribution is 2.15. The molecule has 5 nitrogen and oxygen atoms in total. The minimum absolute atomic E-state index is 0.0631. The van der Waals surface area contributed by atoms with Crippen LogP contribution in [0, 0.1) is 12.8 Å². The maximum absolute atomic E-state index is 11.8. The van der Waals surface area contributed by atoms with Crippen LogP contribution in [0.25, 0.3) is 0 Å². The second-order valence-electron chi connectivity index (χ2n) is 6.33. The zero-order chi connectivity index (χ0) is 15.9. The number of amides is 1. The Morgan fingerprint density at radius 1 is 1.45 bits per heavy atom. The Morgan fingerprint density at radius 3 is 2.95 bits per heavy atom. The van der Waals surface area contributed by atoms with Gasteiger partial charge in [-0.25, -0.2) is 0 Å². The lowest BCUT2D eigenvalue weighted by Gasteiger charge is -2.30. The van der Waals surface area contributed by atoms with Crippen molar-refractivity contribution in [3.05, 3.63) is 20.7 Å². The van der Waals surface area contributed by atoms with Crippen molar-refractivity contribution < 1.29 is 4.79 Å². The van der Waals surface area contributed by atoms with Gasteiger partial charge in [0.25, 0.3) is 0 Å². The first-order valence-corrected chi connectivity index (χ1v) is 9.08. The van der Waals surface area contributed by atoms with Gasteiger partial charge in [-0.15, -0.1) is 0 Å². The number of rotatable bonds is 7. The van der Waals surface area contributed by atoms with E-state index in [1.165, 1.54) is 30.5 Å². The number of aryl methyl sites for hydroxylation is 1. The molecule has 2 rings (SSSR count). The third kappa shape index (κ3) is 5.25. The van der Waals surface area contributed by atoms with Crippen LogP contribution in [0.15, 0.2) is 10.2 Å². The van der Waals surface area contributed by atoms with Crippen molar-refractivity contribution >= 4 is 17.2 Å². The van der Waals surface area contributed by atoms with Gasteiger partial charge < -0.3 is 10.2 Å². The maximum Gasteiger partial charge on any atom is 0.307 e. The van der Waals surface area contributed by atoms with Crippen LogP contribution >= 0.6 is 11.3 Å². The molecule has 0 spiro atoms. The minimum Gasteiger partial charge on any atom is -0.355 e. The molecule has 1 aromatic heterocycles. The first-order chi connectivity index (χ1) is 10.6.